The second-order valence-corrected chi connectivity index (χ2v) is 4.89. The van der Waals surface area contributed by atoms with Gasteiger partial charge in [-0.25, -0.2) is 0 Å². The Kier molecular flexibility index (Phi) is 4.91. The van der Waals surface area contributed by atoms with Crippen LogP contribution in [-0.2, 0) is 6.54 Å². The van der Waals surface area contributed by atoms with Crippen molar-refractivity contribution in [1.82, 2.24) is 24.7 Å². The van der Waals surface area contributed by atoms with Crippen LogP contribution in [0.1, 0.15) is 19.4 Å². The fourth-order valence-electron chi connectivity index (χ4n) is 1.68. The van der Waals surface area contributed by atoms with Crippen LogP contribution >= 0.6 is 0 Å². The van der Waals surface area contributed by atoms with Crippen LogP contribution in [0, 0.1) is 6.92 Å². The van der Waals surface area contributed by atoms with Crippen molar-refractivity contribution in [1.29, 1.82) is 0 Å². The minimum Gasteiger partial charge on any atom is -0.461 e. The summed E-state index contributed by atoms with van der Waals surface area (Å²) in [5.74, 6) is 0.951. The molecule has 0 unspecified atom stereocenters. The van der Waals surface area contributed by atoms with Gasteiger partial charge < -0.3 is 15.4 Å². The van der Waals surface area contributed by atoms with Crippen molar-refractivity contribution in [3.05, 3.63) is 18.0 Å². The Hall–Kier alpha value is -2.38. The summed E-state index contributed by atoms with van der Waals surface area (Å²) in [4.78, 5) is 12.6. The molecule has 0 bridgehead atoms. The zero-order chi connectivity index (χ0) is 15.2. The molecule has 0 amide bonds. The summed E-state index contributed by atoms with van der Waals surface area (Å²) in [6.45, 7) is 7.26. The molecular formula is C13H21N7O. The molecule has 2 heterocycles. The second kappa shape index (κ2) is 6.87. The van der Waals surface area contributed by atoms with Crippen LogP contribution in [0.5, 0.6) is 6.01 Å². The van der Waals surface area contributed by atoms with Crippen LogP contribution in [0.2, 0.25) is 0 Å². The lowest BCUT2D eigenvalue weighted by Gasteiger charge is -2.11. The second-order valence-electron chi connectivity index (χ2n) is 4.89. The minimum absolute atomic E-state index is 0.0111. The van der Waals surface area contributed by atoms with E-state index in [0.717, 1.165) is 12.1 Å². The van der Waals surface area contributed by atoms with E-state index in [4.69, 9.17) is 4.74 Å². The summed E-state index contributed by atoms with van der Waals surface area (Å²) in [7, 11) is 1.75. The number of rotatable bonds is 7. The maximum absolute atomic E-state index is 5.51. The molecule has 2 aromatic rings. The summed E-state index contributed by atoms with van der Waals surface area (Å²) >= 11 is 0. The van der Waals surface area contributed by atoms with E-state index >= 15 is 0 Å². The van der Waals surface area contributed by atoms with Gasteiger partial charge in [-0.05, 0) is 26.3 Å². The molecule has 21 heavy (non-hydrogen) atoms. The van der Waals surface area contributed by atoms with Crippen LogP contribution in [-0.4, -0.2) is 44.4 Å². The molecule has 0 aliphatic heterocycles. The molecule has 0 aliphatic carbocycles. The highest BCUT2D eigenvalue weighted by molar-refractivity contribution is 5.35. The average molecular weight is 291 g/mol. The van der Waals surface area contributed by atoms with Gasteiger partial charge in [0.05, 0.1) is 18.8 Å². The van der Waals surface area contributed by atoms with Crippen molar-refractivity contribution in [2.45, 2.75) is 33.4 Å². The van der Waals surface area contributed by atoms with Crippen molar-refractivity contribution < 1.29 is 4.74 Å². The summed E-state index contributed by atoms with van der Waals surface area (Å²) in [6, 6.07) is 0.307. The molecule has 0 aromatic carbocycles. The van der Waals surface area contributed by atoms with Gasteiger partial charge in [-0.2, -0.15) is 20.1 Å². The van der Waals surface area contributed by atoms with E-state index < -0.39 is 0 Å². The molecule has 2 aromatic heterocycles. The summed E-state index contributed by atoms with van der Waals surface area (Å²) in [5, 5.41) is 10.3. The lowest BCUT2D eigenvalue weighted by Crippen LogP contribution is -2.15. The lowest BCUT2D eigenvalue weighted by molar-refractivity contribution is 0.222. The molecule has 114 valence electrons. The van der Waals surface area contributed by atoms with Crippen molar-refractivity contribution in [2.75, 3.05) is 24.2 Å². The summed E-state index contributed by atoms with van der Waals surface area (Å²) in [6.07, 6.45) is 3.83. The number of anilines is 2. The number of aryl methyl sites for hydroxylation is 1. The molecule has 0 saturated carbocycles. The van der Waals surface area contributed by atoms with Gasteiger partial charge in [0, 0.05) is 19.8 Å². The molecule has 0 fully saturated rings. The lowest BCUT2D eigenvalue weighted by atomic mass is 10.4. The van der Waals surface area contributed by atoms with Crippen LogP contribution in [0.15, 0.2) is 12.4 Å². The Bertz CT molecular complexity index is 582. The highest BCUT2D eigenvalue weighted by Crippen LogP contribution is 2.12. The van der Waals surface area contributed by atoms with Gasteiger partial charge in [0.25, 0.3) is 0 Å². The fourth-order valence-corrected chi connectivity index (χ4v) is 1.68. The Labute approximate surface area is 124 Å². The van der Waals surface area contributed by atoms with Crippen molar-refractivity contribution in [3.8, 4) is 6.01 Å². The maximum Gasteiger partial charge on any atom is 0.323 e. The molecule has 2 rings (SSSR count). The number of nitrogens with zero attached hydrogens (tertiary/aromatic N) is 5. The van der Waals surface area contributed by atoms with E-state index in [1.165, 1.54) is 0 Å². The first-order valence-electron chi connectivity index (χ1n) is 6.90. The first-order chi connectivity index (χ1) is 10.1. The molecule has 0 aliphatic rings. The van der Waals surface area contributed by atoms with Gasteiger partial charge in [-0.3, -0.25) is 4.68 Å². The Balaban J connectivity index is 1.97. The normalized spacial score (nSPS) is 10.7. The molecule has 8 heteroatoms. The Morgan fingerprint density at radius 3 is 2.62 bits per heavy atom. The molecule has 0 spiro atoms. The number of hydrogen-bond acceptors (Lipinski definition) is 7. The topological polar surface area (TPSA) is 89.8 Å². The van der Waals surface area contributed by atoms with E-state index in [0.29, 0.717) is 24.5 Å². The van der Waals surface area contributed by atoms with Gasteiger partial charge in [0.1, 0.15) is 0 Å². The van der Waals surface area contributed by atoms with E-state index in [9.17, 15) is 0 Å². The third-order valence-electron chi connectivity index (χ3n) is 2.57. The SMILES string of the molecule is CNc1nc(NCCn2cc(C)cn2)nc(OC(C)C)n1. The molecular weight excluding hydrogens is 270 g/mol. The fraction of sp³-hybridized carbons (Fsp3) is 0.538. The number of aromatic nitrogens is 5. The number of ether oxygens (including phenoxy) is 1. The minimum atomic E-state index is 0.0111. The van der Waals surface area contributed by atoms with Crippen molar-refractivity contribution >= 4 is 11.9 Å². The van der Waals surface area contributed by atoms with Gasteiger partial charge in [-0.15, -0.1) is 0 Å². The van der Waals surface area contributed by atoms with Crippen LogP contribution in [0.3, 0.4) is 0 Å². The van der Waals surface area contributed by atoms with E-state index in [2.05, 4.69) is 30.7 Å². The molecule has 0 saturated heterocycles. The number of nitrogens with one attached hydrogen (secondary N) is 2. The number of hydrogen-bond donors (Lipinski definition) is 2. The standard InChI is InChI=1S/C13H21N7O/c1-9(2)21-13-18-11(14-4)17-12(19-13)15-5-6-20-8-10(3)7-16-20/h7-9H,5-6H2,1-4H3,(H2,14,15,17,18,19). The zero-order valence-electron chi connectivity index (χ0n) is 12.8. The predicted octanol–water partition coefficient (Wildman–Crippen LogP) is 1.32. The zero-order valence-corrected chi connectivity index (χ0v) is 12.8. The monoisotopic (exact) mass is 291 g/mol. The summed E-state index contributed by atoms with van der Waals surface area (Å²) < 4.78 is 7.37. The third-order valence-corrected chi connectivity index (χ3v) is 2.57. The third kappa shape index (κ3) is 4.59. The molecule has 2 N–H and O–H groups in total. The van der Waals surface area contributed by atoms with Gasteiger partial charge in [0.2, 0.25) is 11.9 Å². The molecule has 0 atom stereocenters. The largest absolute Gasteiger partial charge is 0.461 e. The maximum atomic E-state index is 5.51. The van der Waals surface area contributed by atoms with Crippen LogP contribution in [0.25, 0.3) is 0 Å². The highest BCUT2D eigenvalue weighted by Gasteiger charge is 2.08. The van der Waals surface area contributed by atoms with Crippen LogP contribution in [0.4, 0.5) is 11.9 Å². The van der Waals surface area contributed by atoms with Gasteiger partial charge >= 0.3 is 6.01 Å². The van der Waals surface area contributed by atoms with Crippen LogP contribution < -0.4 is 15.4 Å². The first kappa shape index (κ1) is 15.0. The van der Waals surface area contributed by atoms with Gasteiger partial charge in [0.15, 0.2) is 0 Å². The Morgan fingerprint density at radius 2 is 2.00 bits per heavy atom. The Morgan fingerprint density at radius 1 is 1.24 bits per heavy atom. The van der Waals surface area contributed by atoms with E-state index in [1.54, 1.807) is 7.05 Å². The van der Waals surface area contributed by atoms with Crippen molar-refractivity contribution in [2.24, 2.45) is 0 Å². The highest BCUT2D eigenvalue weighted by atomic mass is 16.5. The molecule has 0 radical (unpaired) electrons. The summed E-state index contributed by atoms with van der Waals surface area (Å²) in [5.41, 5.74) is 1.14. The first-order valence-corrected chi connectivity index (χ1v) is 6.90. The van der Waals surface area contributed by atoms with Gasteiger partial charge in [-0.1, -0.05) is 0 Å². The molecule has 8 nitrogen and oxygen atoms in total. The average Bonchev–Trinajstić information content (AvgIpc) is 2.83. The van der Waals surface area contributed by atoms with Crippen molar-refractivity contribution in [3.63, 3.8) is 0 Å². The van der Waals surface area contributed by atoms with E-state index in [1.807, 2.05) is 37.8 Å². The smallest absolute Gasteiger partial charge is 0.323 e. The van der Waals surface area contributed by atoms with E-state index in [-0.39, 0.29) is 6.10 Å². The predicted molar refractivity (Wildman–Crippen MR) is 80.6 cm³/mol. The quantitative estimate of drug-likeness (QED) is 0.795.